The van der Waals surface area contributed by atoms with Crippen LogP contribution in [0, 0.1) is 0 Å². The van der Waals surface area contributed by atoms with Crippen LogP contribution in [0.4, 0.5) is 0 Å². The number of halogens is 2. The van der Waals surface area contributed by atoms with Crippen LogP contribution >= 0.6 is 23.2 Å². The molecule has 0 radical (unpaired) electrons. The predicted molar refractivity (Wildman–Crippen MR) is 116 cm³/mol. The Morgan fingerprint density at radius 1 is 0.897 bits per heavy atom. The van der Waals surface area contributed by atoms with E-state index >= 15 is 0 Å². The van der Waals surface area contributed by atoms with Gasteiger partial charge in [-0.05, 0) is 48.2 Å². The molecule has 7 nitrogen and oxygen atoms in total. The fourth-order valence-corrected chi connectivity index (χ4v) is 3.10. The summed E-state index contributed by atoms with van der Waals surface area (Å²) in [5.74, 6) is -1.69. The number of nitrogens with zero attached hydrogens (tertiary/aromatic N) is 1. The van der Waals surface area contributed by atoms with E-state index in [1.54, 1.807) is 48.5 Å². The first kappa shape index (κ1) is 22.5. The molecule has 7 N–H and O–H groups in total. The molecule has 0 bridgehead atoms. The Morgan fingerprint density at radius 2 is 1.38 bits per heavy atom. The van der Waals surface area contributed by atoms with Crippen molar-refractivity contribution in [3.05, 3.63) is 69.7 Å². The Labute approximate surface area is 179 Å². The summed E-state index contributed by atoms with van der Waals surface area (Å²) in [4.78, 5) is 28.8. The van der Waals surface area contributed by atoms with Gasteiger partial charge < -0.3 is 22.5 Å². The minimum atomic E-state index is -0.848. The van der Waals surface area contributed by atoms with Gasteiger partial charge >= 0.3 is 0 Å². The predicted octanol–water partition coefficient (Wildman–Crippen LogP) is 2.15. The van der Waals surface area contributed by atoms with E-state index < -0.39 is 17.9 Å². The third-order valence-electron chi connectivity index (χ3n) is 4.27. The number of amides is 2. The number of hydrogen-bond donors (Lipinski definition) is 4. The first-order valence-electron chi connectivity index (χ1n) is 8.94. The van der Waals surface area contributed by atoms with Crippen molar-refractivity contribution in [2.75, 3.05) is 6.54 Å². The molecule has 0 aliphatic rings. The highest BCUT2D eigenvalue weighted by molar-refractivity contribution is 6.30. The van der Waals surface area contributed by atoms with Crippen LogP contribution in [-0.4, -0.2) is 30.4 Å². The van der Waals surface area contributed by atoms with Crippen LogP contribution in [0.25, 0.3) is 0 Å². The summed E-state index contributed by atoms with van der Waals surface area (Å²) in [5.41, 5.74) is 17.5. The highest BCUT2D eigenvalue weighted by Gasteiger charge is 2.27. The summed E-state index contributed by atoms with van der Waals surface area (Å²) in [7, 11) is 0. The lowest BCUT2D eigenvalue weighted by Crippen LogP contribution is -2.46. The van der Waals surface area contributed by atoms with E-state index in [0.717, 1.165) is 11.1 Å². The maximum Gasteiger partial charge on any atom is 0.240 e. The minimum Gasteiger partial charge on any atom is -0.370 e. The van der Waals surface area contributed by atoms with Crippen molar-refractivity contribution >= 4 is 41.0 Å². The Morgan fingerprint density at radius 3 is 1.79 bits per heavy atom. The number of aliphatic imine (C=N–C) groups is 1. The molecule has 0 aromatic heterocycles. The van der Waals surface area contributed by atoms with E-state index in [-0.39, 0.29) is 11.9 Å². The smallest absolute Gasteiger partial charge is 0.240 e. The van der Waals surface area contributed by atoms with E-state index in [0.29, 0.717) is 29.4 Å². The molecule has 154 valence electrons. The lowest BCUT2D eigenvalue weighted by Gasteiger charge is -2.22. The fraction of sp³-hybridized carbons (Fsp3) is 0.250. The van der Waals surface area contributed by atoms with Gasteiger partial charge in [0.05, 0.1) is 5.92 Å². The van der Waals surface area contributed by atoms with Gasteiger partial charge in [-0.2, -0.15) is 0 Å². The van der Waals surface area contributed by atoms with Gasteiger partial charge in [0.15, 0.2) is 5.96 Å². The highest BCUT2D eigenvalue weighted by Crippen LogP contribution is 2.27. The second kappa shape index (κ2) is 10.7. The summed E-state index contributed by atoms with van der Waals surface area (Å²) in [6.45, 7) is 0.333. The van der Waals surface area contributed by atoms with Gasteiger partial charge in [0.25, 0.3) is 0 Å². The lowest BCUT2D eigenvalue weighted by molar-refractivity contribution is -0.127. The quantitative estimate of drug-likeness (QED) is 0.272. The number of carbonyl (C=O) groups excluding carboxylic acids is 2. The minimum absolute atomic E-state index is 0.0322. The van der Waals surface area contributed by atoms with E-state index in [9.17, 15) is 9.59 Å². The number of carbonyl (C=O) groups is 2. The molecule has 2 amide bonds. The molecule has 0 saturated heterocycles. The van der Waals surface area contributed by atoms with Gasteiger partial charge in [-0.15, -0.1) is 0 Å². The topological polar surface area (TPSA) is 137 Å². The summed E-state index contributed by atoms with van der Waals surface area (Å²) in [6.07, 6.45) is 0.796. The van der Waals surface area contributed by atoms with Crippen LogP contribution < -0.4 is 22.5 Å². The van der Waals surface area contributed by atoms with Gasteiger partial charge in [-0.1, -0.05) is 47.5 Å². The van der Waals surface area contributed by atoms with Gasteiger partial charge in [0.2, 0.25) is 11.8 Å². The second-order valence-corrected chi connectivity index (χ2v) is 7.32. The number of primary amides is 1. The molecule has 0 aliphatic carbocycles. The molecule has 0 saturated carbocycles. The largest absolute Gasteiger partial charge is 0.370 e. The van der Waals surface area contributed by atoms with Gasteiger partial charge in [0, 0.05) is 16.6 Å². The maximum atomic E-state index is 13.1. The Balaban J connectivity index is 2.23. The van der Waals surface area contributed by atoms with Crippen molar-refractivity contribution in [3.8, 4) is 0 Å². The SMILES string of the molecule is NC(=O)[C@H](CCCN=C(N)N)NC(=O)C(c1ccc(Cl)cc1)c1ccc(Cl)cc1. The molecule has 2 aromatic carbocycles. The number of hydrogen-bond acceptors (Lipinski definition) is 3. The Kier molecular flexibility index (Phi) is 8.30. The van der Waals surface area contributed by atoms with Crippen LogP contribution in [-0.2, 0) is 9.59 Å². The summed E-state index contributed by atoms with van der Waals surface area (Å²) >= 11 is 11.9. The molecule has 29 heavy (non-hydrogen) atoms. The standard InChI is InChI=1S/C20H23Cl2N5O2/c21-14-7-3-12(4-8-14)17(13-5-9-15(22)10-6-13)19(29)27-16(18(23)28)2-1-11-26-20(24)25/h3-10,16-17H,1-2,11H2,(H2,23,28)(H,27,29)(H4,24,25,26)/t16-/m0/s1. The van der Waals surface area contributed by atoms with Crippen molar-refractivity contribution < 1.29 is 9.59 Å². The molecule has 0 aliphatic heterocycles. The molecule has 2 aromatic rings. The number of benzene rings is 2. The zero-order chi connectivity index (χ0) is 21.4. The van der Waals surface area contributed by atoms with Crippen molar-refractivity contribution in [2.45, 2.75) is 24.8 Å². The highest BCUT2D eigenvalue weighted by atomic mass is 35.5. The van der Waals surface area contributed by atoms with E-state index in [2.05, 4.69) is 10.3 Å². The first-order valence-corrected chi connectivity index (χ1v) is 9.69. The molecular weight excluding hydrogens is 413 g/mol. The van der Waals surface area contributed by atoms with Gasteiger partial charge in [0.1, 0.15) is 6.04 Å². The van der Waals surface area contributed by atoms with E-state index in [1.807, 2.05) is 0 Å². The zero-order valence-corrected chi connectivity index (χ0v) is 17.2. The molecular formula is C20H23Cl2N5O2. The Bertz CT molecular complexity index is 820. The number of guanidine groups is 1. The average molecular weight is 436 g/mol. The average Bonchev–Trinajstić information content (AvgIpc) is 2.67. The van der Waals surface area contributed by atoms with E-state index in [4.69, 9.17) is 40.4 Å². The Hall–Kier alpha value is -2.77. The monoisotopic (exact) mass is 435 g/mol. The van der Waals surface area contributed by atoms with Crippen LogP contribution in [0.15, 0.2) is 53.5 Å². The van der Waals surface area contributed by atoms with Crippen molar-refractivity contribution in [1.82, 2.24) is 5.32 Å². The normalized spacial score (nSPS) is 11.7. The number of nitrogens with one attached hydrogen (secondary N) is 1. The molecule has 0 heterocycles. The fourth-order valence-electron chi connectivity index (χ4n) is 2.85. The van der Waals surface area contributed by atoms with E-state index in [1.165, 1.54) is 0 Å². The zero-order valence-electron chi connectivity index (χ0n) is 15.6. The van der Waals surface area contributed by atoms with Crippen molar-refractivity contribution in [3.63, 3.8) is 0 Å². The molecule has 0 spiro atoms. The molecule has 0 unspecified atom stereocenters. The summed E-state index contributed by atoms with van der Waals surface area (Å²) in [6, 6.07) is 13.0. The van der Waals surface area contributed by atoms with Crippen molar-refractivity contribution in [2.24, 2.45) is 22.2 Å². The maximum absolute atomic E-state index is 13.1. The second-order valence-electron chi connectivity index (χ2n) is 6.45. The van der Waals surface area contributed by atoms with Crippen LogP contribution in [0.5, 0.6) is 0 Å². The third kappa shape index (κ3) is 6.96. The lowest BCUT2D eigenvalue weighted by atomic mass is 9.90. The summed E-state index contributed by atoms with van der Waals surface area (Å²) < 4.78 is 0. The third-order valence-corrected chi connectivity index (χ3v) is 4.78. The number of nitrogens with two attached hydrogens (primary N) is 3. The molecule has 1 atom stereocenters. The molecule has 0 fully saturated rings. The van der Waals surface area contributed by atoms with Crippen LogP contribution in [0.1, 0.15) is 29.9 Å². The number of rotatable bonds is 9. The van der Waals surface area contributed by atoms with Crippen LogP contribution in [0.3, 0.4) is 0 Å². The first-order chi connectivity index (χ1) is 13.8. The molecule has 2 rings (SSSR count). The van der Waals surface area contributed by atoms with Gasteiger partial charge in [-0.25, -0.2) is 0 Å². The molecule has 9 heteroatoms. The summed E-state index contributed by atoms with van der Waals surface area (Å²) in [5, 5.41) is 3.85. The van der Waals surface area contributed by atoms with Gasteiger partial charge in [-0.3, -0.25) is 14.6 Å². The van der Waals surface area contributed by atoms with Crippen molar-refractivity contribution in [1.29, 1.82) is 0 Å². The van der Waals surface area contributed by atoms with Crippen LogP contribution in [0.2, 0.25) is 10.0 Å².